The summed E-state index contributed by atoms with van der Waals surface area (Å²) in [7, 11) is 0. The van der Waals surface area contributed by atoms with Crippen molar-refractivity contribution in [2.75, 3.05) is 19.6 Å². The normalized spacial score (nSPS) is 19.6. The molecule has 1 saturated heterocycles. The van der Waals surface area contributed by atoms with E-state index in [0.29, 0.717) is 17.7 Å². The second kappa shape index (κ2) is 7.77. The lowest BCUT2D eigenvalue weighted by Gasteiger charge is -2.35. The van der Waals surface area contributed by atoms with E-state index in [4.69, 9.17) is 0 Å². The standard InChI is InChI=1S/C17H30N4O/c1-5-21-16(11-14(4)19-21)17(22)18-9-8-15-7-6-10-20(12-15)13(2)3/h11,13,15H,5-10,12H2,1-4H3,(H,18,22)/t15-/m1/s1. The maximum Gasteiger partial charge on any atom is 0.269 e. The highest BCUT2D eigenvalue weighted by atomic mass is 16.2. The van der Waals surface area contributed by atoms with E-state index in [0.717, 1.165) is 25.2 Å². The molecule has 1 N–H and O–H groups in total. The van der Waals surface area contributed by atoms with Crippen molar-refractivity contribution >= 4 is 5.91 Å². The molecule has 1 amide bonds. The first-order valence-corrected chi connectivity index (χ1v) is 8.58. The highest BCUT2D eigenvalue weighted by molar-refractivity contribution is 5.92. The number of piperidine rings is 1. The van der Waals surface area contributed by atoms with Crippen molar-refractivity contribution in [3.05, 3.63) is 17.5 Å². The molecule has 1 fully saturated rings. The lowest BCUT2D eigenvalue weighted by molar-refractivity contribution is 0.0932. The zero-order valence-corrected chi connectivity index (χ0v) is 14.4. The quantitative estimate of drug-likeness (QED) is 0.878. The number of hydrogen-bond donors (Lipinski definition) is 1. The number of nitrogens with one attached hydrogen (secondary N) is 1. The third-order valence-corrected chi connectivity index (χ3v) is 4.55. The first-order valence-electron chi connectivity index (χ1n) is 8.58. The molecule has 0 saturated carbocycles. The molecule has 1 aromatic rings. The average Bonchev–Trinajstić information content (AvgIpc) is 2.88. The van der Waals surface area contributed by atoms with Crippen LogP contribution in [0.1, 0.15) is 56.2 Å². The highest BCUT2D eigenvalue weighted by Crippen LogP contribution is 2.20. The number of rotatable bonds is 6. The minimum atomic E-state index is -0.000949. The van der Waals surface area contributed by atoms with Gasteiger partial charge in [-0.05, 0) is 65.5 Å². The maximum absolute atomic E-state index is 12.3. The zero-order chi connectivity index (χ0) is 16.1. The van der Waals surface area contributed by atoms with Crippen LogP contribution in [0.15, 0.2) is 6.07 Å². The third-order valence-electron chi connectivity index (χ3n) is 4.55. The van der Waals surface area contributed by atoms with Crippen molar-refractivity contribution in [2.24, 2.45) is 5.92 Å². The Kier molecular flexibility index (Phi) is 6.00. The lowest BCUT2D eigenvalue weighted by atomic mass is 9.94. The number of amides is 1. The molecule has 5 heteroatoms. The highest BCUT2D eigenvalue weighted by Gasteiger charge is 2.21. The van der Waals surface area contributed by atoms with Crippen LogP contribution in [-0.2, 0) is 6.54 Å². The van der Waals surface area contributed by atoms with Crippen LogP contribution in [0.4, 0.5) is 0 Å². The van der Waals surface area contributed by atoms with E-state index in [1.165, 1.54) is 25.9 Å². The molecule has 1 aliphatic heterocycles. The Labute approximate surface area is 134 Å². The predicted molar refractivity (Wildman–Crippen MR) is 89.0 cm³/mol. The van der Waals surface area contributed by atoms with Crippen LogP contribution in [-0.4, -0.2) is 46.3 Å². The largest absolute Gasteiger partial charge is 0.351 e. The summed E-state index contributed by atoms with van der Waals surface area (Å²) in [5, 5.41) is 7.39. The van der Waals surface area contributed by atoms with Gasteiger partial charge in [0, 0.05) is 25.7 Å². The summed E-state index contributed by atoms with van der Waals surface area (Å²) in [5.41, 5.74) is 1.57. The average molecular weight is 306 g/mol. The zero-order valence-electron chi connectivity index (χ0n) is 14.4. The number of nitrogens with zero attached hydrogens (tertiary/aromatic N) is 3. The number of likely N-dealkylation sites (tertiary alicyclic amines) is 1. The number of aryl methyl sites for hydroxylation is 2. The predicted octanol–water partition coefficient (Wildman–Crippen LogP) is 2.45. The summed E-state index contributed by atoms with van der Waals surface area (Å²) in [6.07, 6.45) is 3.62. The summed E-state index contributed by atoms with van der Waals surface area (Å²) < 4.78 is 1.77. The number of carbonyl (C=O) groups is 1. The Morgan fingerprint density at radius 1 is 1.50 bits per heavy atom. The van der Waals surface area contributed by atoms with Crippen LogP contribution in [0.3, 0.4) is 0 Å². The Morgan fingerprint density at radius 3 is 2.95 bits per heavy atom. The maximum atomic E-state index is 12.3. The van der Waals surface area contributed by atoms with Gasteiger partial charge in [0.15, 0.2) is 0 Å². The molecule has 0 radical (unpaired) electrons. The molecule has 0 unspecified atom stereocenters. The van der Waals surface area contributed by atoms with E-state index in [-0.39, 0.29) is 5.91 Å². The summed E-state index contributed by atoms with van der Waals surface area (Å²) >= 11 is 0. The first-order chi connectivity index (χ1) is 10.5. The van der Waals surface area contributed by atoms with Crippen LogP contribution < -0.4 is 5.32 Å². The SMILES string of the molecule is CCn1nc(C)cc1C(=O)NCC[C@H]1CCCN(C(C)C)C1. The fraction of sp³-hybridized carbons (Fsp3) is 0.765. The van der Waals surface area contributed by atoms with Gasteiger partial charge < -0.3 is 10.2 Å². The lowest BCUT2D eigenvalue weighted by Crippen LogP contribution is -2.41. The summed E-state index contributed by atoms with van der Waals surface area (Å²) in [6.45, 7) is 12.3. The van der Waals surface area contributed by atoms with Crippen LogP contribution in [0.5, 0.6) is 0 Å². The second-order valence-corrected chi connectivity index (χ2v) is 6.63. The Hall–Kier alpha value is -1.36. The van der Waals surface area contributed by atoms with Gasteiger partial charge >= 0.3 is 0 Å². The molecule has 0 bridgehead atoms. The molecule has 2 rings (SSSR count). The fourth-order valence-electron chi connectivity index (χ4n) is 3.25. The van der Waals surface area contributed by atoms with E-state index >= 15 is 0 Å². The molecule has 1 aliphatic rings. The second-order valence-electron chi connectivity index (χ2n) is 6.63. The van der Waals surface area contributed by atoms with Crippen LogP contribution >= 0.6 is 0 Å². The van der Waals surface area contributed by atoms with Gasteiger partial charge in [0.25, 0.3) is 5.91 Å². The third kappa shape index (κ3) is 4.32. The van der Waals surface area contributed by atoms with E-state index in [2.05, 4.69) is 29.2 Å². The van der Waals surface area contributed by atoms with E-state index in [1.807, 2.05) is 19.9 Å². The van der Waals surface area contributed by atoms with Crippen molar-refractivity contribution in [3.8, 4) is 0 Å². The van der Waals surface area contributed by atoms with Crippen molar-refractivity contribution < 1.29 is 4.79 Å². The van der Waals surface area contributed by atoms with Gasteiger partial charge in [-0.2, -0.15) is 5.10 Å². The monoisotopic (exact) mass is 306 g/mol. The Balaban J connectivity index is 1.79. The molecule has 0 aliphatic carbocycles. The van der Waals surface area contributed by atoms with Crippen molar-refractivity contribution in [3.63, 3.8) is 0 Å². The molecular formula is C17H30N4O. The molecule has 1 atom stereocenters. The van der Waals surface area contributed by atoms with Crippen molar-refractivity contribution in [2.45, 2.75) is 59.5 Å². The molecule has 0 aromatic carbocycles. The van der Waals surface area contributed by atoms with E-state index in [1.54, 1.807) is 4.68 Å². The van der Waals surface area contributed by atoms with Crippen molar-refractivity contribution in [1.82, 2.24) is 20.0 Å². The topological polar surface area (TPSA) is 50.2 Å². The molecule has 124 valence electrons. The van der Waals surface area contributed by atoms with Crippen molar-refractivity contribution in [1.29, 1.82) is 0 Å². The molecular weight excluding hydrogens is 276 g/mol. The van der Waals surface area contributed by atoms with Gasteiger partial charge in [-0.3, -0.25) is 9.48 Å². The van der Waals surface area contributed by atoms with E-state index < -0.39 is 0 Å². The summed E-state index contributed by atoms with van der Waals surface area (Å²) in [5.74, 6) is 0.702. The number of carbonyl (C=O) groups excluding carboxylic acids is 1. The van der Waals surface area contributed by atoms with E-state index in [9.17, 15) is 4.79 Å². The smallest absolute Gasteiger partial charge is 0.269 e. The minimum absolute atomic E-state index is 0.000949. The van der Waals surface area contributed by atoms with Crippen LogP contribution in [0.2, 0.25) is 0 Å². The fourth-order valence-corrected chi connectivity index (χ4v) is 3.25. The number of aromatic nitrogens is 2. The van der Waals surface area contributed by atoms with Gasteiger partial charge in [0.05, 0.1) is 5.69 Å². The van der Waals surface area contributed by atoms with Crippen LogP contribution in [0.25, 0.3) is 0 Å². The summed E-state index contributed by atoms with van der Waals surface area (Å²) in [4.78, 5) is 14.8. The van der Waals surface area contributed by atoms with Crippen LogP contribution in [0, 0.1) is 12.8 Å². The van der Waals surface area contributed by atoms with Gasteiger partial charge in [0.1, 0.15) is 5.69 Å². The molecule has 1 aromatic heterocycles. The molecule has 22 heavy (non-hydrogen) atoms. The van der Waals surface area contributed by atoms with Gasteiger partial charge in [-0.1, -0.05) is 0 Å². The van der Waals surface area contributed by atoms with Gasteiger partial charge in [-0.25, -0.2) is 0 Å². The van der Waals surface area contributed by atoms with Gasteiger partial charge in [-0.15, -0.1) is 0 Å². The molecule has 2 heterocycles. The molecule has 0 spiro atoms. The minimum Gasteiger partial charge on any atom is -0.351 e. The summed E-state index contributed by atoms with van der Waals surface area (Å²) in [6, 6.07) is 2.49. The Bertz CT molecular complexity index is 495. The van der Waals surface area contributed by atoms with Gasteiger partial charge in [0.2, 0.25) is 0 Å². The first kappa shape index (κ1) is 17.0. The Morgan fingerprint density at radius 2 is 2.27 bits per heavy atom. The number of hydrogen-bond acceptors (Lipinski definition) is 3. The molecule has 5 nitrogen and oxygen atoms in total.